The third kappa shape index (κ3) is 5.35. The molecule has 1 aromatic carbocycles. The van der Waals surface area contributed by atoms with Crippen molar-refractivity contribution in [3.63, 3.8) is 0 Å². The maximum absolute atomic E-state index is 12.2. The quantitative estimate of drug-likeness (QED) is 0.848. The third-order valence-electron chi connectivity index (χ3n) is 4.61. The molecule has 1 aromatic rings. The minimum Gasteiger partial charge on any atom is -0.353 e. The topological polar surface area (TPSA) is 44.4 Å². The van der Waals surface area contributed by atoms with E-state index in [0.29, 0.717) is 12.6 Å². The number of carbonyl (C=O) groups excluding carboxylic acids is 1. The molecule has 2 atom stereocenters. The van der Waals surface area contributed by atoms with Crippen molar-refractivity contribution in [1.82, 2.24) is 15.5 Å². The Balaban J connectivity index is 0.00000132. The van der Waals surface area contributed by atoms with Gasteiger partial charge in [-0.3, -0.25) is 9.69 Å². The molecule has 2 heterocycles. The molecule has 0 spiro atoms. The standard InChI is InChI=1S/C17H25N3O.2ClH/c21-17(15-9-6-10-18-15)19-13-16(20-11-4-5-12-20)14-7-2-1-3-8-14;;/h1-3,7-8,15-16,18H,4-6,9-13H2,(H,19,21);2*1H/t15-,16?;;/m0../s1. The van der Waals surface area contributed by atoms with Crippen LogP contribution in [0.15, 0.2) is 30.3 Å². The summed E-state index contributed by atoms with van der Waals surface area (Å²) in [4.78, 5) is 14.7. The predicted molar refractivity (Wildman–Crippen MR) is 98.5 cm³/mol. The molecule has 2 N–H and O–H groups in total. The zero-order valence-electron chi connectivity index (χ0n) is 13.4. The Hall–Kier alpha value is -0.810. The van der Waals surface area contributed by atoms with Crippen molar-refractivity contribution in [2.75, 3.05) is 26.2 Å². The molecule has 2 saturated heterocycles. The van der Waals surface area contributed by atoms with Crippen molar-refractivity contribution in [3.05, 3.63) is 35.9 Å². The number of carbonyl (C=O) groups is 1. The Morgan fingerprint density at radius 1 is 1.17 bits per heavy atom. The lowest BCUT2D eigenvalue weighted by molar-refractivity contribution is -0.123. The Labute approximate surface area is 151 Å². The fraction of sp³-hybridized carbons (Fsp3) is 0.588. The van der Waals surface area contributed by atoms with Crippen LogP contribution >= 0.6 is 24.8 Å². The van der Waals surface area contributed by atoms with Crippen LogP contribution in [0, 0.1) is 0 Å². The summed E-state index contributed by atoms with van der Waals surface area (Å²) in [5.41, 5.74) is 1.30. The van der Waals surface area contributed by atoms with E-state index in [0.717, 1.165) is 32.5 Å². The first-order valence-corrected chi connectivity index (χ1v) is 8.15. The molecule has 0 aliphatic carbocycles. The lowest BCUT2D eigenvalue weighted by atomic mass is 10.1. The van der Waals surface area contributed by atoms with Gasteiger partial charge in [0.25, 0.3) is 0 Å². The van der Waals surface area contributed by atoms with Gasteiger partial charge in [-0.15, -0.1) is 24.8 Å². The van der Waals surface area contributed by atoms with E-state index in [1.54, 1.807) is 0 Å². The average Bonchev–Trinajstić information content (AvgIpc) is 3.22. The molecule has 1 amide bonds. The van der Waals surface area contributed by atoms with Gasteiger partial charge in [-0.05, 0) is 50.9 Å². The van der Waals surface area contributed by atoms with E-state index in [2.05, 4.69) is 39.8 Å². The summed E-state index contributed by atoms with van der Waals surface area (Å²) in [5, 5.41) is 6.42. The minimum atomic E-state index is 0. The summed E-state index contributed by atoms with van der Waals surface area (Å²) in [6.07, 6.45) is 4.60. The number of halogens is 2. The minimum absolute atomic E-state index is 0. The predicted octanol–water partition coefficient (Wildman–Crippen LogP) is 2.54. The van der Waals surface area contributed by atoms with Crippen LogP contribution in [0.3, 0.4) is 0 Å². The second-order valence-corrected chi connectivity index (χ2v) is 6.06. The van der Waals surface area contributed by atoms with E-state index >= 15 is 0 Å². The maximum atomic E-state index is 12.2. The number of amides is 1. The molecule has 0 bridgehead atoms. The Morgan fingerprint density at radius 2 is 1.87 bits per heavy atom. The van der Waals surface area contributed by atoms with Crippen molar-refractivity contribution in [3.8, 4) is 0 Å². The van der Waals surface area contributed by atoms with Crippen LogP contribution in [0.4, 0.5) is 0 Å². The second-order valence-electron chi connectivity index (χ2n) is 6.06. The van der Waals surface area contributed by atoms with Gasteiger partial charge in [0.05, 0.1) is 12.1 Å². The number of nitrogens with zero attached hydrogens (tertiary/aromatic N) is 1. The first kappa shape index (κ1) is 20.2. The van der Waals surface area contributed by atoms with Gasteiger partial charge in [0.2, 0.25) is 5.91 Å². The van der Waals surface area contributed by atoms with Gasteiger partial charge in [0.15, 0.2) is 0 Å². The number of benzene rings is 1. The van der Waals surface area contributed by atoms with Gasteiger partial charge >= 0.3 is 0 Å². The summed E-state index contributed by atoms with van der Waals surface area (Å²) < 4.78 is 0. The molecular formula is C17H27Cl2N3O. The van der Waals surface area contributed by atoms with Gasteiger partial charge in [0, 0.05) is 6.54 Å². The van der Waals surface area contributed by atoms with Gasteiger partial charge in [-0.1, -0.05) is 30.3 Å². The largest absolute Gasteiger partial charge is 0.353 e. The monoisotopic (exact) mass is 359 g/mol. The van der Waals surface area contributed by atoms with Crippen LogP contribution in [0.5, 0.6) is 0 Å². The van der Waals surface area contributed by atoms with Crippen LogP contribution in [0.25, 0.3) is 0 Å². The molecule has 2 aliphatic rings. The number of rotatable bonds is 5. The first-order chi connectivity index (χ1) is 10.3. The average molecular weight is 360 g/mol. The van der Waals surface area contributed by atoms with Gasteiger partial charge in [-0.25, -0.2) is 0 Å². The first-order valence-electron chi connectivity index (χ1n) is 8.15. The maximum Gasteiger partial charge on any atom is 0.237 e. The smallest absolute Gasteiger partial charge is 0.237 e. The fourth-order valence-electron chi connectivity index (χ4n) is 3.42. The zero-order chi connectivity index (χ0) is 14.5. The molecule has 6 heteroatoms. The summed E-state index contributed by atoms with van der Waals surface area (Å²) in [7, 11) is 0. The molecule has 0 aromatic heterocycles. The van der Waals surface area contributed by atoms with Crippen molar-refractivity contribution >= 4 is 30.7 Å². The van der Waals surface area contributed by atoms with Crippen LogP contribution in [0.2, 0.25) is 0 Å². The van der Waals surface area contributed by atoms with Crippen molar-refractivity contribution in [2.24, 2.45) is 0 Å². The summed E-state index contributed by atoms with van der Waals surface area (Å²) in [6, 6.07) is 10.9. The number of likely N-dealkylation sites (tertiary alicyclic amines) is 1. The van der Waals surface area contributed by atoms with Crippen LogP contribution in [0.1, 0.15) is 37.3 Å². The summed E-state index contributed by atoms with van der Waals surface area (Å²) in [5.74, 6) is 0.160. The number of hydrogen-bond donors (Lipinski definition) is 2. The fourth-order valence-corrected chi connectivity index (χ4v) is 3.42. The van der Waals surface area contributed by atoms with E-state index < -0.39 is 0 Å². The molecule has 2 fully saturated rings. The molecule has 0 radical (unpaired) electrons. The lowest BCUT2D eigenvalue weighted by Gasteiger charge is -2.28. The normalized spacial score (nSPS) is 22.0. The molecule has 130 valence electrons. The van der Waals surface area contributed by atoms with E-state index in [1.165, 1.54) is 18.4 Å². The SMILES string of the molecule is Cl.Cl.O=C(NCC(c1ccccc1)N1CCCC1)[C@@H]1CCCN1. The van der Waals surface area contributed by atoms with E-state index in [-0.39, 0.29) is 36.8 Å². The van der Waals surface area contributed by atoms with E-state index in [9.17, 15) is 4.79 Å². The molecule has 0 saturated carbocycles. The zero-order valence-corrected chi connectivity index (χ0v) is 15.0. The Kier molecular flexibility index (Phi) is 8.92. The third-order valence-corrected chi connectivity index (χ3v) is 4.61. The highest BCUT2D eigenvalue weighted by atomic mass is 35.5. The molecule has 23 heavy (non-hydrogen) atoms. The number of nitrogens with one attached hydrogen (secondary N) is 2. The summed E-state index contributed by atoms with van der Waals surface area (Å²) in [6.45, 7) is 3.95. The van der Waals surface area contributed by atoms with Gasteiger partial charge in [-0.2, -0.15) is 0 Å². The second kappa shape index (κ2) is 10.1. The van der Waals surface area contributed by atoms with E-state index in [4.69, 9.17) is 0 Å². The lowest BCUT2D eigenvalue weighted by Crippen LogP contribution is -2.44. The Morgan fingerprint density at radius 3 is 2.48 bits per heavy atom. The van der Waals surface area contributed by atoms with Gasteiger partial charge < -0.3 is 10.6 Å². The number of hydrogen-bond acceptors (Lipinski definition) is 3. The van der Waals surface area contributed by atoms with Crippen LogP contribution in [-0.4, -0.2) is 43.0 Å². The van der Waals surface area contributed by atoms with E-state index in [1.807, 2.05) is 6.07 Å². The highest BCUT2D eigenvalue weighted by Crippen LogP contribution is 2.24. The Bertz CT molecular complexity index is 460. The van der Waals surface area contributed by atoms with Crippen molar-refractivity contribution in [1.29, 1.82) is 0 Å². The van der Waals surface area contributed by atoms with Gasteiger partial charge in [0.1, 0.15) is 0 Å². The van der Waals surface area contributed by atoms with Crippen molar-refractivity contribution < 1.29 is 4.79 Å². The molecule has 2 aliphatic heterocycles. The molecule has 4 nitrogen and oxygen atoms in total. The molecule has 3 rings (SSSR count). The highest BCUT2D eigenvalue weighted by Gasteiger charge is 2.26. The molecular weight excluding hydrogens is 333 g/mol. The molecule has 1 unspecified atom stereocenters. The van der Waals surface area contributed by atoms with Crippen LogP contribution in [-0.2, 0) is 4.79 Å². The summed E-state index contributed by atoms with van der Waals surface area (Å²) >= 11 is 0. The van der Waals surface area contributed by atoms with Crippen LogP contribution < -0.4 is 10.6 Å². The van der Waals surface area contributed by atoms with Crippen molar-refractivity contribution in [2.45, 2.75) is 37.8 Å². The highest BCUT2D eigenvalue weighted by molar-refractivity contribution is 5.85.